The highest BCUT2D eigenvalue weighted by Crippen LogP contribution is 2.29. The van der Waals surface area contributed by atoms with Gasteiger partial charge in [0, 0.05) is 50.8 Å². The predicted molar refractivity (Wildman–Crippen MR) is 104 cm³/mol. The molecule has 0 radical (unpaired) electrons. The Kier molecular flexibility index (Phi) is 6.34. The third-order valence-corrected chi connectivity index (χ3v) is 6.05. The molecule has 144 valence electrons. The molecule has 1 saturated carbocycles. The van der Waals surface area contributed by atoms with Crippen molar-refractivity contribution in [2.24, 2.45) is 0 Å². The van der Waals surface area contributed by atoms with Crippen LogP contribution in [-0.2, 0) is 0 Å². The van der Waals surface area contributed by atoms with E-state index in [1.165, 1.54) is 30.6 Å². The summed E-state index contributed by atoms with van der Waals surface area (Å²) < 4.78 is 0. The maximum absolute atomic E-state index is 13.0. The number of piperidine rings is 1. The first-order valence-electron chi connectivity index (χ1n) is 9.51. The van der Waals surface area contributed by atoms with Crippen LogP contribution in [0.3, 0.4) is 0 Å². The minimum Gasteiger partial charge on any atom is -0.331 e. The quantitative estimate of drug-likeness (QED) is 0.874. The number of thiazole rings is 1. The van der Waals surface area contributed by atoms with Gasteiger partial charge in [0.15, 0.2) is 5.13 Å². The fourth-order valence-corrected chi connectivity index (χ4v) is 4.57. The van der Waals surface area contributed by atoms with Crippen molar-refractivity contribution in [3.8, 4) is 0 Å². The lowest BCUT2D eigenvalue weighted by atomic mass is 9.91. The summed E-state index contributed by atoms with van der Waals surface area (Å²) in [7, 11) is 3.56. The molecule has 1 aromatic rings. The van der Waals surface area contributed by atoms with Crippen molar-refractivity contribution < 1.29 is 9.59 Å². The van der Waals surface area contributed by atoms with E-state index in [1.807, 2.05) is 10.3 Å². The van der Waals surface area contributed by atoms with E-state index in [-0.39, 0.29) is 18.1 Å². The van der Waals surface area contributed by atoms with Crippen LogP contribution in [0.2, 0.25) is 0 Å². The zero-order valence-corrected chi connectivity index (χ0v) is 16.5. The van der Waals surface area contributed by atoms with Crippen molar-refractivity contribution in [3.05, 3.63) is 11.6 Å². The molecule has 1 aromatic heterocycles. The normalized spacial score (nSPS) is 19.2. The van der Waals surface area contributed by atoms with Gasteiger partial charge in [0.05, 0.1) is 0 Å². The molecule has 1 saturated heterocycles. The van der Waals surface area contributed by atoms with Gasteiger partial charge in [-0.2, -0.15) is 0 Å². The number of carbonyl (C=O) groups is 2. The van der Waals surface area contributed by atoms with Crippen molar-refractivity contribution in [1.29, 1.82) is 0 Å². The van der Waals surface area contributed by atoms with Gasteiger partial charge in [0.2, 0.25) is 0 Å². The van der Waals surface area contributed by atoms with E-state index in [2.05, 4.69) is 15.2 Å². The zero-order chi connectivity index (χ0) is 18.5. The van der Waals surface area contributed by atoms with Crippen molar-refractivity contribution in [3.63, 3.8) is 0 Å². The lowest BCUT2D eigenvalue weighted by Gasteiger charge is -2.43. The van der Waals surface area contributed by atoms with Crippen LogP contribution in [-0.4, -0.2) is 71.0 Å². The molecule has 0 atom stereocenters. The molecule has 0 aromatic carbocycles. The second kappa shape index (κ2) is 8.70. The molecule has 0 unspecified atom stereocenters. The largest absolute Gasteiger partial charge is 0.331 e. The van der Waals surface area contributed by atoms with E-state index in [9.17, 15) is 9.59 Å². The number of urea groups is 2. The highest BCUT2D eigenvalue weighted by molar-refractivity contribution is 7.13. The molecular weight excluding hydrogens is 350 g/mol. The van der Waals surface area contributed by atoms with Crippen LogP contribution in [0.4, 0.5) is 14.7 Å². The Labute approximate surface area is 159 Å². The van der Waals surface area contributed by atoms with Gasteiger partial charge in [0.25, 0.3) is 0 Å². The lowest BCUT2D eigenvalue weighted by Crippen LogP contribution is -2.55. The summed E-state index contributed by atoms with van der Waals surface area (Å²) in [5.41, 5.74) is 0. The number of likely N-dealkylation sites (tertiary alicyclic amines) is 1. The summed E-state index contributed by atoms with van der Waals surface area (Å²) in [6.07, 6.45) is 9.14. The van der Waals surface area contributed by atoms with Gasteiger partial charge >= 0.3 is 12.1 Å². The fourth-order valence-electron chi connectivity index (χ4n) is 4.05. The van der Waals surface area contributed by atoms with Gasteiger partial charge in [0.1, 0.15) is 0 Å². The van der Waals surface area contributed by atoms with Crippen molar-refractivity contribution in [1.82, 2.24) is 19.7 Å². The Morgan fingerprint density at radius 1 is 1.12 bits per heavy atom. The van der Waals surface area contributed by atoms with Crippen molar-refractivity contribution >= 4 is 28.5 Å². The minimum absolute atomic E-state index is 0.0377. The molecule has 1 N–H and O–H groups in total. The third-order valence-electron chi connectivity index (χ3n) is 5.36. The number of rotatable bonds is 3. The van der Waals surface area contributed by atoms with Gasteiger partial charge in [-0.3, -0.25) is 5.32 Å². The smallest absolute Gasteiger partial charge is 0.324 e. The summed E-state index contributed by atoms with van der Waals surface area (Å²) in [5, 5.41) is 5.49. The van der Waals surface area contributed by atoms with Gasteiger partial charge in [-0.1, -0.05) is 19.3 Å². The number of carbonyl (C=O) groups excluding carboxylic acids is 2. The second-order valence-corrected chi connectivity index (χ2v) is 8.26. The Hall–Kier alpha value is -1.83. The standard InChI is InChI=1S/C18H29N5O2S/c1-21(2)18(25)22-11-8-15(9-12-22)23(14-6-4-3-5-7-14)17(24)20-16-19-10-13-26-16/h10,13-15H,3-9,11-12H2,1-2H3,(H,19,20,24). The number of hydrogen-bond donors (Lipinski definition) is 1. The first-order valence-corrected chi connectivity index (χ1v) is 10.4. The first kappa shape index (κ1) is 18.9. The number of anilines is 1. The van der Waals surface area contributed by atoms with Crippen LogP contribution in [0, 0.1) is 0 Å². The van der Waals surface area contributed by atoms with Crippen LogP contribution in [0.5, 0.6) is 0 Å². The molecule has 4 amide bonds. The van der Waals surface area contributed by atoms with Gasteiger partial charge < -0.3 is 14.7 Å². The van der Waals surface area contributed by atoms with Gasteiger partial charge in [-0.25, -0.2) is 14.6 Å². The molecule has 1 aliphatic heterocycles. The molecule has 2 fully saturated rings. The summed E-state index contributed by atoms with van der Waals surface area (Å²) >= 11 is 1.44. The maximum atomic E-state index is 13.0. The molecule has 0 bridgehead atoms. The number of aromatic nitrogens is 1. The predicted octanol–water partition coefficient (Wildman–Crippen LogP) is 3.46. The fraction of sp³-hybridized carbons (Fsp3) is 0.722. The monoisotopic (exact) mass is 379 g/mol. The van der Waals surface area contributed by atoms with Crippen molar-refractivity contribution in [2.45, 2.75) is 57.0 Å². The maximum Gasteiger partial charge on any atom is 0.324 e. The molecule has 1 aliphatic carbocycles. The Bertz CT molecular complexity index is 593. The Balaban J connectivity index is 1.67. The van der Waals surface area contributed by atoms with Crippen LogP contribution in [0.25, 0.3) is 0 Å². The zero-order valence-electron chi connectivity index (χ0n) is 15.7. The number of nitrogens with zero attached hydrogens (tertiary/aromatic N) is 4. The van der Waals surface area contributed by atoms with E-state index in [0.717, 1.165) is 25.7 Å². The molecule has 26 heavy (non-hydrogen) atoms. The average Bonchev–Trinajstić information content (AvgIpc) is 3.15. The minimum atomic E-state index is -0.0377. The van der Waals surface area contributed by atoms with E-state index in [0.29, 0.717) is 24.3 Å². The topological polar surface area (TPSA) is 68.8 Å². The lowest BCUT2D eigenvalue weighted by molar-refractivity contribution is 0.0897. The Morgan fingerprint density at radius 2 is 1.77 bits per heavy atom. The molecule has 7 nitrogen and oxygen atoms in total. The first-order chi connectivity index (χ1) is 12.6. The van der Waals surface area contributed by atoms with Crippen LogP contribution < -0.4 is 5.32 Å². The van der Waals surface area contributed by atoms with Crippen LogP contribution in [0.1, 0.15) is 44.9 Å². The van der Waals surface area contributed by atoms with E-state index < -0.39 is 0 Å². The van der Waals surface area contributed by atoms with E-state index in [1.54, 1.807) is 25.2 Å². The van der Waals surface area contributed by atoms with Gasteiger partial charge in [-0.05, 0) is 25.7 Å². The van der Waals surface area contributed by atoms with Crippen LogP contribution >= 0.6 is 11.3 Å². The molecule has 2 aliphatic rings. The summed E-state index contributed by atoms with van der Waals surface area (Å²) in [5.74, 6) is 0. The summed E-state index contributed by atoms with van der Waals surface area (Å²) in [6.45, 7) is 1.41. The second-order valence-electron chi connectivity index (χ2n) is 7.36. The summed E-state index contributed by atoms with van der Waals surface area (Å²) in [4.78, 5) is 35.0. The molecule has 0 spiro atoms. The highest BCUT2D eigenvalue weighted by Gasteiger charge is 2.35. The molecule has 8 heteroatoms. The highest BCUT2D eigenvalue weighted by atomic mass is 32.1. The number of hydrogen-bond acceptors (Lipinski definition) is 4. The molecule has 2 heterocycles. The molecule has 3 rings (SSSR count). The number of nitrogens with one attached hydrogen (secondary N) is 1. The number of amides is 4. The third kappa shape index (κ3) is 4.47. The van der Waals surface area contributed by atoms with E-state index in [4.69, 9.17) is 0 Å². The Morgan fingerprint density at radius 3 is 2.35 bits per heavy atom. The summed E-state index contributed by atoms with van der Waals surface area (Å²) in [6, 6.07) is 0.498. The average molecular weight is 380 g/mol. The molecular formula is C18H29N5O2S. The van der Waals surface area contributed by atoms with Gasteiger partial charge in [-0.15, -0.1) is 11.3 Å². The van der Waals surface area contributed by atoms with Crippen LogP contribution in [0.15, 0.2) is 11.6 Å². The van der Waals surface area contributed by atoms with Crippen molar-refractivity contribution in [2.75, 3.05) is 32.5 Å². The SMILES string of the molecule is CN(C)C(=O)N1CCC(N(C(=O)Nc2nccs2)C2CCCCC2)CC1. The van der Waals surface area contributed by atoms with E-state index >= 15 is 0 Å².